The fraction of sp³-hybridized carbons (Fsp3) is 0.167. The minimum absolute atomic E-state index is 0.0296. The maximum atomic E-state index is 13.6. The number of carbonyl (C=O) groups excluding carboxylic acids is 1. The van der Waals surface area contributed by atoms with Crippen LogP contribution < -0.4 is 16.2 Å². The van der Waals surface area contributed by atoms with E-state index in [1.807, 2.05) is 61.5 Å². The van der Waals surface area contributed by atoms with Crippen molar-refractivity contribution in [1.82, 2.24) is 9.88 Å². The van der Waals surface area contributed by atoms with Gasteiger partial charge in [-0.1, -0.05) is 53.3 Å². The molecule has 0 atom stereocenters. The lowest BCUT2D eigenvalue weighted by atomic mass is 10.0. The summed E-state index contributed by atoms with van der Waals surface area (Å²) in [5.74, 6) is -0.0296. The number of aryl methyl sites for hydroxylation is 1. The van der Waals surface area contributed by atoms with Crippen molar-refractivity contribution in [3.05, 3.63) is 93.8 Å². The SMILES string of the molecule is Cc1cccc(C(=O)c2c(NC3CNC3)sc3c2ccc(=O)n3-c2ccccc2)c1. The zero-order valence-corrected chi connectivity index (χ0v) is 17.3. The van der Waals surface area contributed by atoms with Crippen molar-refractivity contribution in [2.45, 2.75) is 13.0 Å². The largest absolute Gasteiger partial charge is 0.371 e. The van der Waals surface area contributed by atoms with Crippen LogP contribution in [0.15, 0.2) is 71.5 Å². The summed E-state index contributed by atoms with van der Waals surface area (Å²) in [6, 6.07) is 20.8. The van der Waals surface area contributed by atoms with E-state index >= 15 is 0 Å². The van der Waals surface area contributed by atoms with E-state index in [0.717, 1.165) is 39.6 Å². The molecule has 0 unspecified atom stereocenters. The van der Waals surface area contributed by atoms with Crippen LogP contribution in [0.25, 0.3) is 15.9 Å². The lowest BCUT2D eigenvalue weighted by molar-refractivity contribution is 0.104. The van der Waals surface area contributed by atoms with Gasteiger partial charge in [0.05, 0.1) is 17.3 Å². The summed E-state index contributed by atoms with van der Waals surface area (Å²) in [5.41, 5.74) is 3.01. The molecule has 0 bridgehead atoms. The summed E-state index contributed by atoms with van der Waals surface area (Å²) in [4.78, 5) is 27.1. The molecule has 2 aromatic heterocycles. The second-order valence-electron chi connectivity index (χ2n) is 7.57. The highest BCUT2D eigenvalue weighted by molar-refractivity contribution is 7.23. The molecule has 5 rings (SSSR count). The third kappa shape index (κ3) is 3.24. The lowest BCUT2D eigenvalue weighted by Crippen LogP contribution is -2.51. The molecule has 2 N–H and O–H groups in total. The van der Waals surface area contributed by atoms with E-state index in [-0.39, 0.29) is 17.4 Å². The van der Waals surface area contributed by atoms with Crippen LogP contribution in [-0.2, 0) is 0 Å². The van der Waals surface area contributed by atoms with Gasteiger partial charge in [-0.3, -0.25) is 14.2 Å². The van der Waals surface area contributed by atoms with Gasteiger partial charge >= 0.3 is 0 Å². The van der Waals surface area contributed by atoms with Crippen molar-refractivity contribution in [2.24, 2.45) is 0 Å². The predicted octanol–water partition coefficient (Wildman–Crippen LogP) is 3.98. The van der Waals surface area contributed by atoms with Gasteiger partial charge < -0.3 is 10.6 Å². The number of nitrogens with one attached hydrogen (secondary N) is 2. The molecule has 4 aromatic rings. The summed E-state index contributed by atoms with van der Waals surface area (Å²) in [6.07, 6.45) is 0. The molecule has 0 radical (unpaired) electrons. The van der Waals surface area contributed by atoms with Crippen molar-refractivity contribution in [3.63, 3.8) is 0 Å². The molecular formula is C24H21N3O2S. The van der Waals surface area contributed by atoms with Gasteiger partial charge in [-0.15, -0.1) is 0 Å². The topological polar surface area (TPSA) is 63.1 Å². The van der Waals surface area contributed by atoms with Crippen LogP contribution in [0.4, 0.5) is 5.00 Å². The molecule has 6 heteroatoms. The zero-order valence-electron chi connectivity index (χ0n) is 16.5. The van der Waals surface area contributed by atoms with Gasteiger partial charge in [-0.25, -0.2) is 0 Å². The third-order valence-corrected chi connectivity index (χ3v) is 6.50. The number of aromatic nitrogens is 1. The molecule has 0 saturated carbocycles. The summed E-state index contributed by atoms with van der Waals surface area (Å²) in [7, 11) is 0. The smallest absolute Gasteiger partial charge is 0.256 e. The number of benzene rings is 2. The summed E-state index contributed by atoms with van der Waals surface area (Å²) < 4.78 is 1.69. The number of anilines is 1. The Kier molecular flexibility index (Phi) is 4.73. The Bertz CT molecular complexity index is 1300. The van der Waals surface area contributed by atoms with E-state index in [4.69, 9.17) is 0 Å². The van der Waals surface area contributed by atoms with Gasteiger partial charge in [0.15, 0.2) is 5.78 Å². The Hall–Kier alpha value is -3.22. The standard InChI is InChI=1S/C24H21N3O2S/c1-15-6-5-7-16(12-15)22(29)21-19-10-11-20(28)27(18-8-3-2-4-9-18)24(19)30-23(21)26-17-13-25-14-17/h2-12,17,25-26H,13-14H2,1H3. The number of hydrogen-bond donors (Lipinski definition) is 2. The van der Waals surface area contributed by atoms with Gasteiger partial charge in [0, 0.05) is 30.1 Å². The quantitative estimate of drug-likeness (QED) is 0.484. The van der Waals surface area contributed by atoms with Crippen LogP contribution in [-0.4, -0.2) is 29.5 Å². The van der Waals surface area contributed by atoms with Crippen LogP contribution in [0.3, 0.4) is 0 Å². The number of nitrogens with zero attached hydrogens (tertiary/aromatic N) is 1. The van der Waals surface area contributed by atoms with Gasteiger partial charge in [0.2, 0.25) is 0 Å². The van der Waals surface area contributed by atoms with E-state index < -0.39 is 0 Å². The second kappa shape index (κ2) is 7.55. The molecule has 150 valence electrons. The van der Waals surface area contributed by atoms with Crippen LogP contribution >= 0.6 is 11.3 Å². The maximum Gasteiger partial charge on any atom is 0.256 e. The fourth-order valence-electron chi connectivity index (χ4n) is 3.74. The molecule has 0 aliphatic carbocycles. The van der Waals surface area contributed by atoms with Crippen LogP contribution in [0.1, 0.15) is 21.5 Å². The first kappa shape index (κ1) is 18.8. The van der Waals surface area contributed by atoms with Crippen molar-refractivity contribution in [2.75, 3.05) is 18.4 Å². The van der Waals surface area contributed by atoms with E-state index in [0.29, 0.717) is 11.1 Å². The molecule has 0 spiro atoms. The van der Waals surface area contributed by atoms with E-state index in [9.17, 15) is 9.59 Å². The van der Waals surface area contributed by atoms with Crippen molar-refractivity contribution >= 4 is 32.3 Å². The predicted molar refractivity (Wildman–Crippen MR) is 122 cm³/mol. The van der Waals surface area contributed by atoms with Crippen LogP contribution in [0.5, 0.6) is 0 Å². The van der Waals surface area contributed by atoms with E-state index in [1.54, 1.807) is 16.7 Å². The third-order valence-electron chi connectivity index (χ3n) is 5.38. The Labute approximate surface area is 178 Å². The number of carbonyl (C=O) groups is 1. The Morgan fingerprint density at radius 3 is 2.57 bits per heavy atom. The highest BCUT2D eigenvalue weighted by atomic mass is 32.1. The minimum atomic E-state index is -0.110. The molecule has 1 saturated heterocycles. The number of thiophene rings is 1. The number of ketones is 1. The Balaban J connectivity index is 1.74. The van der Waals surface area contributed by atoms with Crippen LogP contribution in [0.2, 0.25) is 0 Å². The van der Waals surface area contributed by atoms with Crippen molar-refractivity contribution < 1.29 is 4.79 Å². The highest BCUT2D eigenvalue weighted by Crippen LogP contribution is 2.38. The molecule has 5 nitrogen and oxygen atoms in total. The summed E-state index contributed by atoms with van der Waals surface area (Å²) in [5, 5.41) is 8.38. The fourth-order valence-corrected chi connectivity index (χ4v) is 5.03. The van der Waals surface area contributed by atoms with Gasteiger partial charge in [-0.2, -0.15) is 0 Å². The molecule has 1 aliphatic rings. The number of pyridine rings is 1. The molecule has 2 aromatic carbocycles. The minimum Gasteiger partial charge on any atom is -0.371 e. The number of para-hydroxylation sites is 1. The van der Waals surface area contributed by atoms with Gasteiger partial charge in [-0.05, 0) is 31.2 Å². The average Bonchev–Trinajstić information content (AvgIpc) is 3.08. The molecule has 0 amide bonds. The van der Waals surface area contributed by atoms with E-state index in [2.05, 4.69) is 10.6 Å². The molecule has 1 fully saturated rings. The Morgan fingerprint density at radius 2 is 1.87 bits per heavy atom. The van der Waals surface area contributed by atoms with Crippen molar-refractivity contribution in [3.8, 4) is 5.69 Å². The van der Waals surface area contributed by atoms with Gasteiger partial charge in [0.1, 0.15) is 9.83 Å². The molecular weight excluding hydrogens is 394 g/mol. The Morgan fingerprint density at radius 1 is 1.07 bits per heavy atom. The summed E-state index contributed by atoms with van der Waals surface area (Å²) in [6.45, 7) is 3.70. The lowest BCUT2D eigenvalue weighted by Gasteiger charge is -2.28. The number of rotatable bonds is 5. The number of fused-ring (bicyclic) bond motifs is 1. The van der Waals surface area contributed by atoms with E-state index in [1.165, 1.54) is 11.3 Å². The van der Waals surface area contributed by atoms with Gasteiger partial charge in [0.25, 0.3) is 5.56 Å². The van der Waals surface area contributed by atoms with Crippen LogP contribution in [0, 0.1) is 6.92 Å². The first-order valence-corrected chi connectivity index (χ1v) is 10.8. The monoisotopic (exact) mass is 415 g/mol. The molecule has 30 heavy (non-hydrogen) atoms. The zero-order chi connectivity index (χ0) is 20.7. The van der Waals surface area contributed by atoms with Crippen molar-refractivity contribution in [1.29, 1.82) is 0 Å². The normalized spacial score (nSPS) is 13.9. The molecule has 1 aliphatic heterocycles. The highest BCUT2D eigenvalue weighted by Gasteiger charge is 2.26. The summed E-state index contributed by atoms with van der Waals surface area (Å²) >= 11 is 1.47. The first-order chi connectivity index (χ1) is 14.6. The first-order valence-electron chi connectivity index (χ1n) is 9.94. The molecule has 3 heterocycles. The number of hydrogen-bond acceptors (Lipinski definition) is 5. The average molecular weight is 416 g/mol. The maximum absolute atomic E-state index is 13.6. The second-order valence-corrected chi connectivity index (χ2v) is 8.56.